The Morgan fingerprint density at radius 2 is 1.73 bits per heavy atom. The van der Waals surface area contributed by atoms with Crippen molar-refractivity contribution in [2.45, 2.75) is 26.7 Å². The van der Waals surface area contributed by atoms with Crippen molar-refractivity contribution in [1.82, 2.24) is 0 Å². The van der Waals surface area contributed by atoms with Gasteiger partial charge in [0.05, 0.1) is 7.14 Å². The van der Waals surface area contributed by atoms with Gasteiger partial charge in [-0.3, -0.25) is 0 Å². The molecule has 0 unspecified atom stereocenters. The van der Waals surface area contributed by atoms with Gasteiger partial charge in [-0.15, -0.1) is 6.58 Å². The smallest absolute Gasteiger partial charge is 0.0913 e. The van der Waals surface area contributed by atoms with Crippen molar-refractivity contribution >= 4 is 7.14 Å². The van der Waals surface area contributed by atoms with Gasteiger partial charge in [-0.2, -0.15) is 0 Å². The first kappa shape index (κ1) is 11.0. The maximum atomic E-state index is 11.9. The fraction of sp³-hybridized carbons (Fsp3) is 0.778. The van der Waals surface area contributed by atoms with Crippen LogP contribution >= 0.6 is 7.14 Å². The Hall–Kier alpha value is -0.0300. The molecular weight excluding hydrogens is 155 g/mol. The van der Waals surface area contributed by atoms with E-state index in [1.807, 2.05) is 0 Å². The number of hydrogen-bond acceptors (Lipinski definition) is 1. The standard InChI is InChI=1S/C9H19OP/c1-4-7-11(10,8-5-2)9-6-3/h4H,1,5-9H2,2-3H3. The first-order valence-corrected chi connectivity index (χ1v) is 6.62. The Labute approximate surface area is 70.3 Å². The third-order valence-corrected chi connectivity index (χ3v) is 5.17. The van der Waals surface area contributed by atoms with Crippen LogP contribution in [0.4, 0.5) is 0 Å². The highest BCUT2D eigenvalue weighted by Crippen LogP contribution is 2.46. The molecule has 0 saturated heterocycles. The molecule has 11 heavy (non-hydrogen) atoms. The van der Waals surface area contributed by atoms with Crippen LogP contribution in [0.1, 0.15) is 26.7 Å². The zero-order chi connectivity index (χ0) is 8.74. The minimum absolute atomic E-state index is 0.731. The zero-order valence-corrected chi connectivity index (χ0v) is 8.57. The Bertz CT molecular complexity index is 142. The molecule has 0 heterocycles. The van der Waals surface area contributed by atoms with Crippen LogP contribution in [0.3, 0.4) is 0 Å². The molecule has 0 aliphatic heterocycles. The first-order chi connectivity index (χ1) is 5.18. The normalized spacial score (nSPS) is 11.5. The predicted octanol–water partition coefficient (Wildman–Crippen LogP) is 3.36. The van der Waals surface area contributed by atoms with E-state index < -0.39 is 7.14 Å². The lowest BCUT2D eigenvalue weighted by molar-refractivity contribution is 0.574. The summed E-state index contributed by atoms with van der Waals surface area (Å²) >= 11 is 0. The van der Waals surface area contributed by atoms with E-state index >= 15 is 0 Å². The lowest BCUT2D eigenvalue weighted by Gasteiger charge is -2.13. The number of hydrogen-bond donors (Lipinski definition) is 0. The molecule has 0 N–H and O–H groups in total. The summed E-state index contributed by atoms with van der Waals surface area (Å²) < 4.78 is 11.9. The van der Waals surface area contributed by atoms with E-state index in [9.17, 15) is 4.57 Å². The van der Waals surface area contributed by atoms with E-state index in [1.54, 1.807) is 6.08 Å². The topological polar surface area (TPSA) is 17.1 Å². The summed E-state index contributed by atoms with van der Waals surface area (Å²) in [4.78, 5) is 0. The van der Waals surface area contributed by atoms with Gasteiger partial charge in [-0.25, -0.2) is 0 Å². The van der Waals surface area contributed by atoms with E-state index in [-0.39, 0.29) is 0 Å². The highest BCUT2D eigenvalue weighted by Gasteiger charge is 2.16. The van der Waals surface area contributed by atoms with Crippen LogP contribution in [0, 0.1) is 0 Å². The molecule has 66 valence electrons. The van der Waals surface area contributed by atoms with Crippen LogP contribution in [-0.2, 0) is 4.57 Å². The molecule has 0 spiro atoms. The van der Waals surface area contributed by atoms with Crippen molar-refractivity contribution in [2.75, 3.05) is 18.5 Å². The highest BCUT2D eigenvalue weighted by atomic mass is 31.2. The minimum atomic E-state index is -1.84. The van der Waals surface area contributed by atoms with Gasteiger partial charge in [0.15, 0.2) is 0 Å². The average Bonchev–Trinajstić information content (AvgIpc) is 1.88. The zero-order valence-electron chi connectivity index (χ0n) is 7.68. The molecular formula is C9H19OP. The van der Waals surface area contributed by atoms with Crippen molar-refractivity contribution in [1.29, 1.82) is 0 Å². The lowest BCUT2D eigenvalue weighted by Crippen LogP contribution is -1.96. The second kappa shape index (κ2) is 5.60. The van der Waals surface area contributed by atoms with Crippen molar-refractivity contribution in [3.63, 3.8) is 0 Å². The fourth-order valence-electron chi connectivity index (χ4n) is 1.34. The molecule has 1 nitrogen and oxygen atoms in total. The summed E-state index contributed by atoms with van der Waals surface area (Å²) in [6.45, 7) is 7.82. The van der Waals surface area contributed by atoms with Crippen molar-refractivity contribution in [3.8, 4) is 0 Å². The highest BCUT2D eigenvalue weighted by molar-refractivity contribution is 7.64. The molecule has 0 aromatic carbocycles. The minimum Gasteiger partial charge on any atom is -0.323 e. The van der Waals surface area contributed by atoms with Gasteiger partial charge < -0.3 is 4.57 Å². The molecule has 0 bridgehead atoms. The molecule has 0 rings (SSSR count). The van der Waals surface area contributed by atoms with Gasteiger partial charge in [-0.1, -0.05) is 19.9 Å². The third-order valence-electron chi connectivity index (χ3n) is 1.72. The Morgan fingerprint density at radius 3 is 2.00 bits per heavy atom. The van der Waals surface area contributed by atoms with Crippen LogP contribution in [0.15, 0.2) is 12.7 Å². The van der Waals surface area contributed by atoms with Gasteiger partial charge in [-0.05, 0) is 12.8 Å². The molecule has 2 heteroatoms. The molecule has 0 atom stereocenters. The first-order valence-electron chi connectivity index (χ1n) is 4.36. The van der Waals surface area contributed by atoms with Gasteiger partial charge >= 0.3 is 0 Å². The Balaban J connectivity index is 4.01. The second-order valence-corrected chi connectivity index (χ2v) is 6.35. The molecule has 0 aliphatic carbocycles. The summed E-state index contributed by atoms with van der Waals surface area (Å²) in [7, 11) is -1.84. The molecule has 0 radical (unpaired) electrons. The summed E-state index contributed by atoms with van der Waals surface area (Å²) in [6, 6.07) is 0. The van der Waals surface area contributed by atoms with Gasteiger partial charge in [0.2, 0.25) is 0 Å². The average molecular weight is 174 g/mol. The maximum Gasteiger partial charge on any atom is 0.0913 e. The van der Waals surface area contributed by atoms with Gasteiger partial charge in [0, 0.05) is 18.5 Å². The number of allylic oxidation sites excluding steroid dienone is 1. The van der Waals surface area contributed by atoms with Crippen LogP contribution in [0.5, 0.6) is 0 Å². The van der Waals surface area contributed by atoms with Crippen LogP contribution in [0.2, 0.25) is 0 Å². The van der Waals surface area contributed by atoms with E-state index in [2.05, 4.69) is 20.4 Å². The molecule has 0 aromatic heterocycles. The van der Waals surface area contributed by atoms with Crippen molar-refractivity contribution in [3.05, 3.63) is 12.7 Å². The Morgan fingerprint density at radius 1 is 1.27 bits per heavy atom. The second-order valence-electron chi connectivity index (χ2n) is 2.98. The van der Waals surface area contributed by atoms with E-state index in [0.717, 1.165) is 31.3 Å². The van der Waals surface area contributed by atoms with Gasteiger partial charge in [0.1, 0.15) is 0 Å². The third kappa shape index (κ3) is 4.42. The van der Waals surface area contributed by atoms with E-state index in [1.165, 1.54) is 0 Å². The van der Waals surface area contributed by atoms with Crippen LogP contribution in [0.25, 0.3) is 0 Å². The summed E-state index contributed by atoms with van der Waals surface area (Å²) in [6.07, 6.45) is 6.39. The molecule has 0 fully saturated rings. The summed E-state index contributed by atoms with van der Waals surface area (Å²) in [5, 5.41) is 0. The molecule has 0 aromatic rings. The summed E-state index contributed by atoms with van der Waals surface area (Å²) in [5.41, 5.74) is 0. The van der Waals surface area contributed by atoms with Crippen molar-refractivity contribution < 1.29 is 4.57 Å². The predicted molar refractivity (Wildman–Crippen MR) is 53.0 cm³/mol. The van der Waals surface area contributed by atoms with Crippen LogP contribution < -0.4 is 0 Å². The SMILES string of the molecule is C=CCP(=O)(CCC)CCC. The Kier molecular flexibility index (Phi) is 5.58. The van der Waals surface area contributed by atoms with Gasteiger partial charge in [0.25, 0.3) is 0 Å². The largest absolute Gasteiger partial charge is 0.323 e. The van der Waals surface area contributed by atoms with Crippen LogP contribution in [-0.4, -0.2) is 18.5 Å². The quantitative estimate of drug-likeness (QED) is 0.445. The fourth-order valence-corrected chi connectivity index (χ4v) is 4.03. The van der Waals surface area contributed by atoms with Crippen molar-refractivity contribution in [2.24, 2.45) is 0 Å². The monoisotopic (exact) mass is 174 g/mol. The molecule has 0 amide bonds. The molecule has 0 saturated carbocycles. The van der Waals surface area contributed by atoms with E-state index in [4.69, 9.17) is 0 Å². The molecule has 0 aliphatic rings. The number of rotatable bonds is 6. The lowest BCUT2D eigenvalue weighted by atomic mass is 10.6. The maximum absolute atomic E-state index is 11.9. The van der Waals surface area contributed by atoms with E-state index in [0.29, 0.717) is 0 Å². The summed E-state index contributed by atoms with van der Waals surface area (Å²) in [5.74, 6) is 0.